The van der Waals surface area contributed by atoms with E-state index >= 15 is 0 Å². The molecule has 0 radical (unpaired) electrons. The summed E-state index contributed by atoms with van der Waals surface area (Å²) in [5, 5.41) is 6.07. The third-order valence-electron chi connectivity index (χ3n) is 1.84. The van der Waals surface area contributed by atoms with Gasteiger partial charge in [-0.25, -0.2) is 4.98 Å². The van der Waals surface area contributed by atoms with E-state index in [0.717, 1.165) is 0 Å². The molecule has 82 valence electrons. The zero-order valence-corrected chi connectivity index (χ0v) is 8.18. The number of carbonyl (C=O) groups is 1. The van der Waals surface area contributed by atoms with Crippen LogP contribution in [0.2, 0.25) is 0 Å². The van der Waals surface area contributed by atoms with E-state index in [4.69, 9.17) is 5.84 Å². The molecule has 0 aliphatic rings. The number of nitrogens with zero attached hydrogens (tertiary/aromatic N) is 2. The summed E-state index contributed by atoms with van der Waals surface area (Å²) in [7, 11) is 0. The van der Waals surface area contributed by atoms with Crippen molar-refractivity contribution in [3.63, 3.8) is 0 Å². The number of hydrogen-bond donors (Lipinski definition) is 3. The maximum atomic E-state index is 11.6. The van der Waals surface area contributed by atoms with Gasteiger partial charge in [-0.1, -0.05) is 5.16 Å². The molecular formula is C9H9N5O2. The molecule has 7 nitrogen and oxygen atoms in total. The molecule has 0 aliphatic carbocycles. The first kappa shape index (κ1) is 10.1. The Morgan fingerprint density at radius 1 is 1.38 bits per heavy atom. The zero-order valence-electron chi connectivity index (χ0n) is 8.18. The Kier molecular flexibility index (Phi) is 2.79. The molecule has 4 N–H and O–H groups in total. The molecule has 0 aliphatic heterocycles. The Bertz CT molecular complexity index is 465. The number of nitrogens with one attached hydrogen (secondary N) is 2. The van der Waals surface area contributed by atoms with Gasteiger partial charge in [0.2, 0.25) is 0 Å². The van der Waals surface area contributed by atoms with Crippen molar-refractivity contribution >= 4 is 17.4 Å². The van der Waals surface area contributed by atoms with Gasteiger partial charge in [-0.3, -0.25) is 10.6 Å². The fourth-order valence-electron chi connectivity index (χ4n) is 1.07. The van der Waals surface area contributed by atoms with Crippen molar-refractivity contribution in [3.8, 4) is 0 Å². The van der Waals surface area contributed by atoms with Gasteiger partial charge >= 0.3 is 0 Å². The van der Waals surface area contributed by atoms with Gasteiger partial charge < -0.3 is 15.3 Å². The predicted octanol–water partition coefficient (Wildman–Crippen LogP) is 0.608. The van der Waals surface area contributed by atoms with Crippen molar-refractivity contribution in [2.75, 3.05) is 10.7 Å². The van der Waals surface area contributed by atoms with Gasteiger partial charge in [0.1, 0.15) is 12.0 Å². The van der Waals surface area contributed by atoms with Crippen molar-refractivity contribution in [2.45, 2.75) is 0 Å². The molecular weight excluding hydrogens is 210 g/mol. The van der Waals surface area contributed by atoms with Crippen molar-refractivity contribution in [1.29, 1.82) is 0 Å². The van der Waals surface area contributed by atoms with E-state index in [0.29, 0.717) is 11.5 Å². The molecule has 0 aromatic carbocycles. The fourth-order valence-corrected chi connectivity index (χ4v) is 1.07. The van der Waals surface area contributed by atoms with Crippen molar-refractivity contribution in [2.24, 2.45) is 5.84 Å². The lowest BCUT2D eigenvalue weighted by molar-refractivity contribution is 0.102. The lowest BCUT2D eigenvalue weighted by Gasteiger charge is -2.02. The third-order valence-corrected chi connectivity index (χ3v) is 1.84. The van der Waals surface area contributed by atoms with Gasteiger partial charge in [0.25, 0.3) is 5.91 Å². The number of aromatic nitrogens is 2. The summed E-state index contributed by atoms with van der Waals surface area (Å²) in [6, 6.07) is 4.73. The van der Waals surface area contributed by atoms with Gasteiger partial charge in [0, 0.05) is 6.07 Å². The normalized spacial score (nSPS) is 9.81. The number of nitrogen functional groups attached to an aromatic ring is 1. The quantitative estimate of drug-likeness (QED) is 0.515. The van der Waals surface area contributed by atoms with Crippen LogP contribution in [0, 0.1) is 0 Å². The van der Waals surface area contributed by atoms with Gasteiger partial charge in [-0.15, -0.1) is 0 Å². The molecule has 2 aromatic heterocycles. The lowest BCUT2D eigenvalue weighted by atomic mass is 10.3. The predicted molar refractivity (Wildman–Crippen MR) is 56.5 cm³/mol. The summed E-state index contributed by atoms with van der Waals surface area (Å²) >= 11 is 0. The SMILES string of the molecule is NNc1ccc(C(=O)Nc2ccon2)nc1. The van der Waals surface area contributed by atoms with Gasteiger partial charge in [-0.05, 0) is 12.1 Å². The summed E-state index contributed by atoms with van der Waals surface area (Å²) < 4.78 is 4.58. The lowest BCUT2D eigenvalue weighted by Crippen LogP contribution is -2.14. The number of carbonyl (C=O) groups excluding carboxylic acids is 1. The highest BCUT2D eigenvalue weighted by Gasteiger charge is 2.08. The van der Waals surface area contributed by atoms with E-state index in [2.05, 4.69) is 25.4 Å². The van der Waals surface area contributed by atoms with E-state index < -0.39 is 0 Å². The topological polar surface area (TPSA) is 106 Å². The summed E-state index contributed by atoms with van der Waals surface area (Å²) in [6.07, 6.45) is 2.82. The first-order valence-corrected chi connectivity index (χ1v) is 4.44. The van der Waals surface area contributed by atoms with Crippen LogP contribution >= 0.6 is 0 Å². The minimum Gasteiger partial charge on any atom is -0.363 e. The largest absolute Gasteiger partial charge is 0.363 e. The fraction of sp³-hybridized carbons (Fsp3) is 0. The Balaban J connectivity index is 2.09. The van der Waals surface area contributed by atoms with Crippen LogP contribution < -0.4 is 16.6 Å². The molecule has 0 bridgehead atoms. The number of pyridine rings is 1. The molecule has 2 rings (SSSR count). The van der Waals surface area contributed by atoms with E-state index in [1.807, 2.05) is 0 Å². The van der Waals surface area contributed by atoms with Crippen LogP contribution in [0.3, 0.4) is 0 Å². The highest BCUT2D eigenvalue weighted by molar-refractivity contribution is 6.02. The van der Waals surface area contributed by atoms with Gasteiger partial charge in [-0.2, -0.15) is 0 Å². The standard InChI is InChI=1S/C9H9N5O2/c10-13-6-1-2-7(11-5-6)9(15)12-8-3-4-16-14-8/h1-5,13H,10H2,(H,12,14,15). The second-order valence-electron chi connectivity index (χ2n) is 2.92. The average molecular weight is 219 g/mol. The highest BCUT2D eigenvalue weighted by atomic mass is 16.5. The minimum absolute atomic E-state index is 0.266. The first-order chi connectivity index (χ1) is 7.79. The molecule has 0 fully saturated rings. The molecule has 1 amide bonds. The van der Waals surface area contributed by atoms with Crippen LogP contribution in [0.5, 0.6) is 0 Å². The van der Waals surface area contributed by atoms with Crippen molar-refractivity contribution in [3.05, 3.63) is 36.4 Å². The maximum absolute atomic E-state index is 11.6. The molecule has 7 heteroatoms. The van der Waals surface area contributed by atoms with E-state index in [9.17, 15) is 4.79 Å². The molecule has 16 heavy (non-hydrogen) atoms. The number of hydrogen-bond acceptors (Lipinski definition) is 6. The van der Waals surface area contributed by atoms with Crippen LogP contribution in [0.4, 0.5) is 11.5 Å². The van der Waals surface area contributed by atoms with Crippen LogP contribution in [0.1, 0.15) is 10.5 Å². The number of amides is 1. The monoisotopic (exact) mass is 219 g/mol. The Morgan fingerprint density at radius 3 is 2.81 bits per heavy atom. The van der Waals surface area contributed by atoms with Crippen LogP contribution in [-0.4, -0.2) is 16.0 Å². The number of anilines is 2. The summed E-state index contributed by atoms with van der Waals surface area (Å²) in [5.41, 5.74) is 3.31. The number of rotatable bonds is 3. The van der Waals surface area contributed by atoms with Gasteiger partial charge in [0.15, 0.2) is 5.82 Å². The Hall–Kier alpha value is -2.41. The van der Waals surface area contributed by atoms with E-state index in [1.165, 1.54) is 18.5 Å². The van der Waals surface area contributed by atoms with Gasteiger partial charge in [0.05, 0.1) is 11.9 Å². The molecule has 0 spiro atoms. The zero-order chi connectivity index (χ0) is 11.4. The smallest absolute Gasteiger partial charge is 0.275 e. The number of nitrogens with two attached hydrogens (primary N) is 1. The molecule has 0 saturated carbocycles. The Morgan fingerprint density at radius 2 is 2.25 bits per heavy atom. The maximum Gasteiger partial charge on any atom is 0.275 e. The first-order valence-electron chi connectivity index (χ1n) is 4.44. The summed E-state index contributed by atoms with van der Waals surface area (Å²) in [6.45, 7) is 0. The average Bonchev–Trinajstić information content (AvgIpc) is 2.82. The van der Waals surface area contributed by atoms with E-state index in [-0.39, 0.29) is 11.6 Å². The molecule has 0 atom stereocenters. The second kappa shape index (κ2) is 4.41. The van der Waals surface area contributed by atoms with E-state index in [1.54, 1.807) is 12.1 Å². The highest BCUT2D eigenvalue weighted by Crippen LogP contribution is 2.07. The minimum atomic E-state index is -0.363. The van der Waals surface area contributed by atoms with Crippen LogP contribution in [0.15, 0.2) is 35.2 Å². The molecule has 0 unspecified atom stereocenters. The summed E-state index contributed by atoms with van der Waals surface area (Å²) in [5.74, 6) is 5.15. The van der Waals surface area contributed by atoms with Crippen LogP contribution in [0.25, 0.3) is 0 Å². The number of hydrazine groups is 1. The molecule has 0 saturated heterocycles. The van der Waals surface area contributed by atoms with Crippen molar-refractivity contribution < 1.29 is 9.32 Å². The Labute approximate surface area is 90.6 Å². The second-order valence-corrected chi connectivity index (χ2v) is 2.92. The van der Waals surface area contributed by atoms with Crippen molar-refractivity contribution in [1.82, 2.24) is 10.1 Å². The summed E-state index contributed by atoms with van der Waals surface area (Å²) in [4.78, 5) is 15.5. The third kappa shape index (κ3) is 2.15. The van der Waals surface area contributed by atoms with Crippen LogP contribution in [-0.2, 0) is 0 Å². The molecule has 2 heterocycles. The molecule has 2 aromatic rings.